The van der Waals surface area contributed by atoms with Gasteiger partial charge in [0.15, 0.2) is 6.61 Å². The molecule has 0 unspecified atom stereocenters. The number of hydrogen-bond donors (Lipinski definition) is 1. The van der Waals surface area contributed by atoms with Crippen LogP contribution in [0.5, 0.6) is 5.75 Å². The lowest BCUT2D eigenvalue weighted by atomic mass is 10.2. The number of likely N-dealkylation sites (N-methyl/N-ethyl adjacent to an activating group) is 1. The molecule has 1 saturated heterocycles. The summed E-state index contributed by atoms with van der Waals surface area (Å²) in [5.41, 5.74) is -1.25. The van der Waals surface area contributed by atoms with Crippen LogP contribution in [0.3, 0.4) is 0 Å². The maximum absolute atomic E-state index is 13.0. The van der Waals surface area contributed by atoms with Gasteiger partial charge in [0, 0.05) is 19.7 Å². The van der Waals surface area contributed by atoms with E-state index in [0.717, 1.165) is 10.4 Å². The molecule has 0 saturated carbocycles. The van der Waals surface area contributed by atoms with E-state index in [0.29, 0.717) is 18.7 Å². The summed E-state index contributed by atoms with van der Waals surface area (Å²) in [6.07, 6.45) is -5.09. The van der Waals surface area contributed by atoms with Gasteiger partial charge >= 0.3 is 12.1 Å². The first-order valence-corrected chi connectivity index (χ1v) is 8.09. The molecule has 1 fully saturated rings. The van der Waals surface area contributed by atoms with Crippen LogP contribution in [0.25, 0.3) is 0 Å². The summed E-state index contributed by atoms with van der Waals surface area (Å²) in [6, 6.07) is 1.89. The highest BCUT2D eigenvalue weighted by Gasteiger charge is 2.35. The fourth-order valence-corrected chi connectivity index (χ4v) is 3.11. The molecule has 1 atom stereocenters. The molecule has 0 amide bonds. The van der Waals surface area contributed by atoms with Crippen molar-refractivity contribution in [1.82, 2.24) is 4.31 Å². The van der Waals surface area contributed by atoms with E-state index in [4.69, 9.17) is 14.6 Å². The second kappa shape index (κ2) is 6.57. The smallest absolute Gasteiger partial charge is 0.416 e. The van der Waals surface area contributed by atoms with Gasteiger partial charge in [-0.1, -0.05) is 0 Å². The second-order valence-electron chi connectivity index (χ2n) is 5.11. The summed E-state index contributed by atoms with van der Waals surface area (Å²) in [7, 11) is -2.99. The van der Waals surface area contributed by atoms with Crippen molar-refractivity contribution in [3.63, 3.8) is 0 Å². The van der Waals surface area contributed by atoms with Gasteiger partial charge in [0.1, 0.15) is 5.75 Å². The van der Waals surface area contributed by atoms with Crippen LogP contribution in [0.2, 0.25) is 0 Å². The third-order valence-electron chi connectivity index (χ3n) is 3.14. The van der Waals surface area contributed by atoms with Gasteiger partial charge < -0.3 is 14.6 Å². The molecule has 0 bridgehead atoms. The minimum atomic E-state index is -4.81. The van der Waals surface area contributed by atoms with Gasteiger partial charge in [-0.3, -0.25) is 0 Å². The molecular formula is C13H14F3NO6S. The molecular weight excluding hydrogens is 355 g/mol. The number of carboxylic acids is 1. The molecule has 1 N–H and O–H groups in total. The predicted octanol–water partition coefficient (Wildman–Crippen LogP) is 1.19. The Morgan fingerprint density at radius 3 is 2.54 bits per heavy atom. The summed E-state index contributed by atoms with van der Waals surface area (Å²) < 4.78 is 74.1. The molecule has 1 heterocycles. The third kappa shape index (κ3) is 4.58. The molecule has 11 heteroatoms. The lowest BCUT2D eigenvalue weighted by Gasteiger charge is -2.18. The minimum absolute atomic E-state index is 0.00386. The highest BCUT2D eigenvalue weighted by Crippen LogP contribution is 2.34. The molecule has 0 radical (unpaired) electrons. The van der Waals surface area contributed by atoms with Crippen LogP contribution in [0, 0.1) is 0 Å². The van der Waals surface area contributed by atoms with Crippen LogP contribution >= 0.6 is 0 Å². The van der Waals surface area contributed by atoms with Crippen LogP contribution in [0.1, 0.15) is 5.56 Å². The molecule has 0 spiro atoms. The number of rotatable bonds is 7. The van der Waals surface area contributed by atoms with E-state index in [2.05, 4.69) is 0 Å². The molecule has 7 nitrogen and oxygen atoms in total. The summed E-state index contributed by atoms with van der Waals surface area (Å²) in [6.45, 7) is -0.508. The number of hydrogen-bond acceptors (Lipinski definition) is 5. The number of carboxylic acid groups (broad SMARTS) is 1. The van der Waals surface area contributed by atoms with Crippen molar-refractivity contribution >= 4 is 16.0 Å². The monoisotopic (exact) mass is 369 g/mol. The van der Waals surface area contributed by atoms with E-state index in [1.165, 1.54) is 7.05 Å². The van der Waals surface area contributed by atoms with Crippen LogP contribution in [-0.4, -0.2) is 56.7 Å². The first-order valence-electron chi connectivity index (χ1n) is 6.65. The molecule has 0 aliphatic carbocycles. The van der Waals surface area contributed by atoms with Crippen molar-refractivity contribution < 1.29 is 41.0 Å². The maximum atomic E-state index is 13.0. The van der Waals surface area contributed by atoms with Gasteiger partial charge in [-0.25, -0.2) is 13.2 Å². The zero-order valence-electron chi connectivity index (χ0n) is 12.4. The van der Waals surface area contributed by atoms with Gasteiger partial charge in [0.25, 0.3) is 0 Å². The predicted molar refractivity (Wildman–Crippen MR) is 74.1 cm³/mol. The summed E-state index contributed by atoms with van der Waals surface area (Å²) in [4.78, 5) is 9.85. The zero-order valence-corrected chi connectivity index (χ0v) is 13.2. The van der Waals surface area contributed by atoms with Gasteiger partial charge in [0.2, 0.25) is 10.0 Å². The summed E-state index contributed by atoms with van der Waals surface area (Å²) in [5.74, 6) is -1.90. The Balaban J connectivity index is 2.39. The Morgan fingerprint density at radius 2 is 2.04 bits per heavy atom. The van der Waals surface area contributed by atoms with Crippen molar-refractivity contribution in [2.75, 3.05) is 26.8 Å². The molecule has 0 aromatic heterocycles. The Bertz CT molecular complexity index is 730. The van der Waals surface area contributed by atoms with Gasteiger partial charge in [0.05, 0.1) is 23.2 Å². The minimum Gasteiger partial charge on any atom is -0.482 e. The lowest BCUT2D eigenvalue weighted by Crippen LogP contribution is -2.30. The second-order valence-corrected chi connectivity index (χ2v) is 7.16. The van der Waals surface area contributed by atoms with Crippen molar-refractivity contribution in [3.8, 4) is 5.75 Å². The van der Waals surface area contributed by atoms with Crippen molar-refractivity contribution in [1.29, 1.82) is 0 Å². The highest BCUT2D eigenvalue weighted by atomic mass is 32.2. The molecule has 134 valence electrons. The third-order valence-corrected chi connectivity index (χ3v) is 4.94. The number of halogens is 3. The standard InChI is InChI=1S/C13H14F3NO6S/c1-17(5-10-6-22-10)24(20,21)11-3-8(13(14,15)16)2-9(4-11)23-7-12(18)19/h2-4,10H,5-7H2,1H3,(H,18,19)/t10-/m0/s1. The Kier molecular flexibility index (Phi) is 5.06. The van der Waals surface area contributed by atoms with Crippen molar-refractivity contribution in [3.05, 3.63) is 23.8 Å². The molecule has 1 aromatic rings. The Hall–Kier alpha value is -1.85. The van der Waals surface area contributed by atoms with Crippen LogP contribution < -0.4 is 4.74 Å². The Labute approximate surface area is 135 Å². The van der Waals surface area contributed by atoms with Crippen molar-refractivity contribution in [2.24, 2.45) is 0 Å². The number of benzene rings is 1. The normalized spacial score (nSPS) is 17.8. The Morgan fingerprint density at radius 1 is 1.42 bits per heavy atom. The first kappa shape index (κ1) is 18.5. The average molecular weight is 369 g/mol. The SMILES string of the molecule is CN(C[C@H]1CO1)S(=O)(=O)c1cc(OCC(=O)O)cc(C(F)(F)F)c1. The largest absolute Gasteiger partial charge is 0.482 e. The van der Waals surface area contributed by atoms with E-state index in [-0.39, 0.29) is 12.6 Å². The number of alkyl halides is 3. The van der Waals surface area contributed by atoms with Gasteiger partial charge in [-0.05, 0) is 12.1 Å². The quantitative estimate of drug-likeness (QED) is 0.726. The fourth-order valence-electron chi connectivity index (χ4n) is 1.85. The number of carbonyl (C=O) groups is 1. The van der Waals surface area contributed by atoms with E-state index in [9.17, 15) is 26.4 Å². The molecule has 1 aliphatic rings. The van der Waals surface area contributed by atoms with E-state index < -0.39 is 45.0 Å². The van der Waals surface area contributed by atoms with Crippen molar-refractivity contribution in [2.45, 2.75) is 17.2 Å². The summed E-state index contributed by atoms with van der Waals surface area (Å²) >= 11 is 0. The maximum Gasteiger partial charge on any atom is 0.416 e. The number of ether oxygens (including phenoxy) is 2. The number of epoxide rings is 1. The number of aliphatic carboxylic acids is 1. The highest BCUT2D eigenvalue weighted by molar-refractivity contribution is 7.89. The molecule has 1 aliphatic heterocycles. The van der Waals surface area contributed by atoms with Crippen LogP contribution in [0.15, 0.2) is 23.1 Å². The summed E-state index contributed by atoms with van der Waals surface area (Å²) in [5, 5.41) is 8.54. The average Bonchev–Trinajstić information content (AvgIpc) is 3.27. The number of sulfonamides is 1. The first-order chi connectivity index (χ1) is 11.0. The molecule has 2 rings (SSSR count). The van der Waals surface area contributed by atoms with E-state index in [1.54, 1.807) is 0 Å². The zero-order chi connectivity index (χ0) is 18.1. The molecule has 24 heavy (non-hydrogen) atoms. The van der Waals surface area contributed by atoms with Crippen LogP contribution in [0.4, 0.5) is 13.2 Å². The topological polar surface area (TPSA) is 96.4 Å². The van der Waals surface area contributed by atoms with Gasteiger partial charge in [-0.15, -0.1) is 0 Å². The number of nitrogens with zero attached hydrogens (tertiary/aromatic N) is 1. The lowest BCUT2D eigenvalue weighted by molar-refractivity contribution is -0.139. The molecule has 1 aromatic carbocycles. The van der Waals surface area contributed by atoms with E-state index in [1.807, 2.05) is 0 Å². The van der Waals surface area contributed by atoms with E-state index >= 15 is 0 Å². The van der Waals surface area contributed by atoms with Gasteiger partial charge in [-0.2, -0.15) is 17.5 Å². The fraction of sp³-hybridized carbons (Fsp3) is 0.462. The van der Waals surface area contributed by atoms with Crippen LogP contribution in [-0.2, 0) is 25.7 Å².